The van der Waals surface area contributed by atoms with Crippen molar-refractivity contribution in [3.8, 4) is 0 Å². The van der Waals surface area contributed by atoms with Gasteiger partial charge in [-0.15, -0.1) is 0 Å². The van der Waals surface area contributed by atoms with E-state index in [1.54, 1.807) is 0 Å². The van der Waals surface area contributed by atoms with Gasteiger partial charge in [0.15, 0.2) is 0 Å². The second kappa shape index (κ2) is 7.60. The quantitative estimate of drug-likeness (QED) is 0.691. The summed E-state index contributed by atoms with van der Waals surface area (Å²) in [4.78, 5) is 12.0. The number of aliphatic hydroxyl groups excluding tert-OH is 2. The molecule has 158 valence electrons. The van der Waals surface area contributed by atoms with Gasteiger partial charge in [-0.05, 0) is 66.1 Å². The topological polar surface area (TPSA) is 66.8 Å². The van der Waals surface area contributed by atoms with Crippen molar-refractivity contribution >= 4 is 5.97 Å². The molecule has 3 aliphatic rings. The SMILES string of the molecule is C=C1C2=C([C@@H](O)C[C@]1(OC(C)=O)C(C)CCC)[C@@]1(C)CC[C@H](O)C(C)C1CC2. The van der Waals surface area contributed by atoms with Crippen LogP contribution in [-0.4, -0.2) is 34.0 Å². The molecule has 0 heterocycles. The molecular weight excluding hydrogens is 352 g/mol. The van der Waals surface area contributed by atoms with E-state index in [0.29, 0.717) is 12.3 Å². The highest BCUT2D eigenvalue weighted by Gasteiger charge is 2.57. The summed E-state index contributed by atoms with van der Waals surface area (Å²) in [6.07, 6.45) is 4.90. The summed E-state index contributed by atoms with van der Waals surface area (Å²) < 4.78 is 5.96. The monoisotopic (exact) mass is 390 g/mol. The summed E-state index contributed by atoms with van der Waals surface area (Å²) in [5, 5.41) is 21.8. The van der Waals surface area contributed by atoms with Crippen molar-refractivity contribution in [2.75, 3.05) is 0 Å². The Balaban J connectivity index is 2.08. The van der Waals surface area contributed by atoms with Crippen LogP contribution in [0.25, 0.3) is 0 Å². The highest BCUT2D eigenvalue weighted by atomic mass is 16.6. The minimum Gasteiger partial charge on any atom is -0.454 e. The zero-order valence-corrected chi connectivity index (χ0v) is 18.3. The Kier molecular flexibility index (Phi) is 5.86. The lowest BCUT2D eigenvalue weighted by atomic mass is 9.50. The molecule has 28 heavy (non-hydrogen) atoms. The maximum atomic E-state index is 12.0. The van der Waals surface area contributed by atoms with Gasteiger partial charge in [-0.1, -0.05) is 40.7 Å². The standard InChI is InChI=1S/C24H38O4/c1-7-8-14(2)24(28-17(5)25)13-21(27)22-18(16(24)4)9-10-19-15(3)20(26)11-12-23(19,22)6/h14-15,19-21,26-27H,4,7-13H2,1-3,5-6H3/t14?,15?,19?,20-,21-,23-,24-/m0/s1. The normalized spacial score (nSPS) is 41.9. The summed E-state index contributed by atoms with van der Waals surface area (Å²) >= 11 is 0. The lowest BCUT2D eigenvalue weighted by Gasteiger charge is -2.57. The zero-order valence-electron chi connectivity index (χ0n) is 18.3. The van der Waals surface area contributed by atoms with E-state index >= 15 is 0 Å². The fourth-order valence-corrected chi connectivity index (χ4v) is 6.73. The molecule has 2 N–H and O–H groups in total. The van der Waals surface area contributed by atoms with Crippen LogP contribution in [0.15, 0.2) is 23.3 Å². The van der Waals surface area contributed by atoms with Crippen LogP contribution in [0.1, 0.15) is 79.6 Å². The lowest BCUT2D eigenvalue weighted by molar-refractivity contribution is -0.162. The molecule has 1 saturated carbocycles. The summed E-state index contributed by atoms with van der Waals surface area (Å²) in [6, 6.07) is 0. The predicted octanol–water partition coefficient (Wildman–Crippen LogP) is 4.55. The zero-order chi connectivity index (χ0) is 20.9. The van der Waals surface area contributed by atoms with Crippen LogP contribution in [0, 0.1) is 23.2 Å². The molecule has 7 atom stereocenters. The van der Waals surface area contributed by atoms with Crippen LogP contribution in [-0.2, 0) is 9.53 Å². The van der Waals surface area contributed by atoms with Gasteiger partial charge in [0, 0.05) is 19.3 Å². The molecular formula is C24H38O4. The first kappa shape index (κ1) is 21.6. The molecule has 0 aromatic carbocycles. The van der Waals surface area contributed by atoms with E-state index in [4.69, 9.17) is 4.74 Å². The second-order valence-corrected chi connectivity index (χ2v) is 9.79. The van der Waals surface area contributed by atoms with Crippen molar-refractivity contribution < 1.29 is 19.7 Å². The van der Waals surface area contributed by atoms with E-state index in [9.17, 15) is 15.0 Å². The summed E-state index contributed by atoms with van der Waals surface area (Å²) in [7, 11) is 0. The Morgan fingerprint density at radius 3 is 2.64 bits per heavy atom. The molecule has 0 aromatic rings. The number of ether oxygens (including phenoxy) is 1. The fraction of sp³-hybridized carbons (Fsp3) is 0.792. The van der Waals surface area contributed by atoms with Gasteiger partial charge in [-0.3, -0.25) is 4.79 Å². The molecule has 0 aromatic heterocycles. The molecule has 4 nitrogen and oxygen atoms in total. The Labute approximate surface area is 170 Å². The molecule has 0 bridgehead atoms. The summed E-state index contributed by atoms with van der Waals surface area (Å²) in [5.74, 6) is 0.393. The predicted molar refractivity (Wildman–Crippen MR) is 111 cm³/mol. The molecule has 4 heteroatoms. The number of carbonyl (C=O) groups is 1. The summed E-state index contributed by atoms with van der Waals surface area (Å²) in [6.45, 7) is 14.6. The number of rotatable bonds is 4. The van der Waals surface area contributed by atoms with E-state index in [0.717, 1.165) is 55.2 Å². The first-order valence-electron chi connectivity index (χ1n) is 11.1. The van der Waals surface area contributed by atoms with E-state index in [2.05, 4.69) is 34.3 Å². The molecule has 0 amide bonds. The van der Waals surface area contributed by atoms with Crippen LogP contribution in [0.3, 0.4) is 0 Å². The van der Waals surface area contributed by atoms with Crippen molar-refractivity contribution in [2.24, 2.45) is 23.2 Å². The fourth-order valence-electron chi connectivity index (χ4n) is 6.73. The lowest BCUT2D eigenvalue weighted by Crippen LogP contribution is -2.55. The number of hydrogen-bond donors (Lipinski definition) is 2. The van der Waals surface area contributed by atoms with E-state index in [-0.39, 0.29) is 29.3 Å². The maximum Gasteiger partial charge on any atom is 0.303 e. The first-order chi connectivity index (χ1) is 13.1. The molecule has 3 aliphatic carbocycles. The Hall–Kier alpha value is -1.13. The minimum atomic E-state index is -0.816. The summed E-state index contributed by atoms with van der Waals surface area (Å²) in [5.41, 5.74) is 2.21. The van der Waals surface area contributed by atoms with Crippen LogP contribution in [0.5, 0.6) is 0 Å². The number of aliphatic hydroxyl groups is 2. The third kappa shape index (κ3) is 3.17. The van der Waals surface area contributed by atoms with Crippen LogP contribution >= 0.6 is 0 Å². The highest BCUT2D eigenvalue weighted by Crippen LogP contribution is 2.61. The molecule has 0 aliphatic heterocycles. The largest absolute Gasteiger partial charge is 0.454 e. The number of esters is 1. The number of hydrogen-bond acceptors (Lipinski definition) is 4. The van der Waals surface area contributed by atoms with E-state index < -0.39 is 11.7 Å². The third-order valence-electron chi connectivity index (χ3n) is 8.21. The Morgan fingerprint density at radius 2 is 2.04 bits per heavy atom. The van der Waals surface area contributed by atoms with E-state index in [1.165, 1.54) is 6.92 Å². The average molecular weight is 391 g/mol. The van der Waals surface area contributed by atoms with Gasteiger partial charge < -0.3 is 14.9 Å². The van der Waals surface area contributed by atoms with Crippen LogP contribution in [0.4, 0.5) is 0 Å². The van der Waals surface area contributed by atoms with Gasteiger partial charge in [0.05, 0.1) is 12.2 Å². The second-order valence-electron chi connectivity index (χ2n) is 9.79. The van der Waals surface area contributed by atoms with Crippen molar-refractivity contribution in [1.82, 2.24) is 0 Å². The van der Waals surface area contributed by atoms with Crippen molar-refractivity contribution in [3.05, 3.63) is 23.3 Å². The molecule has 0 saturated heterocycles. The van der Waals surface area contributed by atoms with Crippen molar-refractivity contribution in [3.63, 3.8) is 0 Å². The average Bonchev–Trinajstić information content (AvgIpc) is 2.61. The van der Waals surface area contributed by atoms with Crippen molar-refractivity contribution in [1.29, 1.82) is 0 Å². The molecule has 3 rings (SSSR count). The Bertz CT molecular complexity index is 680. The Morgan fingerprint density at radius 1 is 1.36 bits per heavy atom. The molecule has 1 fully saturated rings. The maximum absolute atomic E-state index is 12.0. The number of fused-ring (bicyclic) bond motifs is 2. The first-order valence-corrected chi connectivity index (χ1v) is 11.1. The van der Waals surface area contributed by atoms with Gasteiger partial charge in [-0.2, -0.15) is 0 Å². The van der Waals surface area contributed by atoms with Crippen molar-refractivity contribution in [2.45, 2.75) is 97.4 Å². The van der Waals surface area contributed by atoms with Gasteiger partial charge in [0.1, 0.15) is 5.60 Å². The molecule has 0 radical (unpaired) electrons. The van der Waals surface area contributed by atoms with Gasteiger partial charge in [-0.25, -0.2) is 0 Å². The van der Waals surface area contributed by atoms with Gasteiger partial charge in [0.2, 0.25) is 0 Å². The van der Waals surface area contributed by atoms with Crippen LogP contribution < -0.4 is 0 Å². The van der Waals surface area contributed by atoms with Crippen LogP contribution in [0.2, 0.25) is 0 Å². The molecule has 0 spiro atoms. The van der Waals surface area contributed by atoms with Gasteiger partial charge >= 0.3 is 5.97 Å². The minimum absolute atomic E-state index is 0.107. The highest BCUT2D eigenvalue weighted by molar-refractivity contribution is 5.68. The smallest absolute Gasteiger partial charge is 0.303 e. The van der Waals surface area contributed by atoms with Gasteiger partial charge in [0.25, 0.3) is 0 Å². The van der Waals surface area contributed by atoms with E-state index in [1.807, 2.05) is 0 Å². The third-order valence-corrected chi connectivity index (χ3v) is 8.21. The number of carbonyl (C=O) groups excluding carboxylic acids is 1. The molecule has 3 unspecified atom stereocenters.